The summed E-state index contributed by atoms with van der Waals surface area (Å²) in [4.78, 5) is 3.60. The lowest BCUT2D eigenvalue weighted by Crippen LogP contribution is -2.41. The van der Waals surface area contributed by atoms with Gasteiger partial charge in [-0.15, -0.1) is 0 Å². The number of rotatable bonds is 1. The molecule has 1 aromatic rings. The molecule has 0 spiro atoms. The molecule has 15 heavy (non-hydrogen) atoms. The van der Waals surface area contributed by atoms with Crippen LogP contribution >= 0.6 is 0 Å². The number of oxazole rings is 1. The standard InChI is InChI=1S/C10H16BNO3/c1-7-12-6-8(13-7)11-14-9(2,3)10(4,5)15-11/h6H,1-5H3/i1D3,6D. The summed E-state index contributed by atoms with van der Waals surface area (Å²) in [7, 11) is -0.916. The average molecular weight is 213 g/mol. The predicted molar refractivity (Wildman–Crippen MR) is 57.0 cm³/mol. The first kappa shape index (κ1) is 6.71. The topological polar surface area (TPSA) is 44.5 Å². The monoisotopic (exact) mass is 213 g/mol. The molecular weight excluding hydrogens is 193 g/mol. The van der Waals surface area contributed by atoms with Crippen LogP contribution in [0.15, 0.2) is 10.6 Å². The van der Waals surface area contributed by atoms with Gasteiger partial charge in [0.2, 0.25) is 0 Å². The molecule has 0 amide bonds. The van der Waals surface area contributed by atoms with Crippen molar-refractivity contribution in [1.82, 2.24) is 4.98 Å². The summed E-state index contributed by atoms with van der Waals surface area (Å²) >= 11 is 0. The van der Waals surface area contributed by atoms with E-state index in [1.54, 1.807) is 0 Å². The van der Waals surface area contributed by atoms with E-state index in [2.05, 4.69) is 4.98 Å². The molecule has 2 heterocycles. The lowest BCUT2D eigenvalue weighted by Gasteiger charge is -2.32. The summed E-state index contributed by atoms with van der Waals surface area (Å²) < 4.78 is 45.9. The molecule has 1 saturated heterocycles. The van der Waals surface area contributed by atoms with Crippen molar-refractivity contribution in [2.45, 2.75) is 45.7 Å². The van der Waals surface area contributed by atoms with Crippen LogP contribution < -0.4 is 5.66 Å². The summed E-state index contributed by atoms with van der Waals surface area (Å²) in [5.74, 6) is -0.470. The van der Waals surface area contributed by atoms with Crippen molar-refractivity contribution >= 4 is 12.8 Å². The van der Waals surface area contributed by atoms with E-state index >= 15 is 0 Å². The maximum atomic E-state index is 7.68. The molecule has 1 aliphatic heterocycles. The van der Waals surface area contributed by atoms with Crippen LogP contribution in [0.25, 0.3) is 0 Å². The largest absolute Gasteiger partial charge is 0.534 e. The molecule has 2 rings (SSSR count). The molecule has 0 bridgehead atoms. The van der Waals surface area contributed by atoms with Gasteiger partial charge in [0.05, 0.1) is 18.7 Å². The Morgan fingerprint density at radius 2 is 1.93 bits per heavy atom. The SMILES string of the molecule is [2H]c1nc(C([2H])([2H])[2H])oc1B1OC(C)(C)C(C)(C)O1. The van der Waals surface area contributed by atoms with Gasteiger partial charge < -0.3 is 13.7 Å². The lowest BCUT2D eigenvalue weighted by molar-refractivity contribution is 0.00578. The van der Waals surface area contributed by atoms with E-state index in [9.17, 15) is 0 Å². The third kappa shape index (κ3) is 1.70. The second-order valence-electron chi connectivity index (χ2n) is 4.58. The molecule has 1 aromatic heterocycles. The number of nitrogens with zero attached hydrogens (tertiary/aromatic N) is 1. The van der Waals surface area contributed by atoms with Gasteiger partial charge >= 0.3 is 7.12 Å². The molecule has 0 N–H and O–H groups in total. The number of hydrogen-bond acceptors (Lipinski definition) is 4. The highest BCUT2D eigenvalue weighted by atomic mass is 16.7. The van der Waals surface area contributed by atoms with Gasteiger partial charge in [-0.25, -0.2) is 4.98 Å². The predicted octanol–water partition coefficient (Wildman–Crippen LogP) is 1.28. The summed E-state index contributed by atoms with van der Waals surface area (Å²) in [6, 6.07) is 0. The fourth-order valence-electron chi connectivity index (χ4n) is 1.31. The third-order valence-electron chi connectivity index (χ3n) is 2.94. The van der Waals surface area contributed by atoms with Gasteiger partial charge in [-0.2, -0.15) is 0 Å². The summed E-state index contributed by atoms with van der Waals surface area (Å²) in [5, 5.41) is 0. The van der Waals surface area contributed by atoms with Crippen molar-refractivity contribution in [2.75, 3.05) is 0 Å². The molecule has 5 heteroatoms. The first-order valence-electron chi connectivity index (χ1n) is 6.77. The van der Waals surface area contributed by atoms with Crippen LogP contribution in [-0.4, -0.2) is 23.3 Å². The van der Waals surface area contributed by atoms with E-state index in [4.69, 9.17) is 19.2 Å². The summed E-state index contributed by atoms with van der Waals surface area (Å²) in [5.41, 5.74) is -1.18. The molecule has 0 aliphatic carbocycles. The minimum atomic E-state index is -2.49. The van der Waals surface area contributed by atoms with Crippen LogP contribution in [-0.2, 0) is 9.31 Å². The van der Waals surface area contributed by atoms with Crippen molar-refractivity contribution in [1.29, 1.82) is 0 Å². The van der Waals surface area contributed by atoms with Gasteiger partial charge in [-0.05, 0) is 27.7 Å². The maximum absolute atomic E-state index is 7.68. The second kappa shape index (κ2) is 3.09. The molecule has 4 nitrogen and oxygen atoms in total. The normalized spacial score (nSPS) is 28.1. The van der Waals surface area contributed by atoms with Gasteiger partial charge in [0.1, 0.15) is 0 Å². The van der Waals surface area contributed by atoms with Gasteiger partial charge in [-0.1, -0.05) is 0 Å². The highest BCUT2D eigenvalue weighted by molar-refractivity contribution is 6.60. The van der Waals surface area contributed by atoms with Crippen LogP contribution in [0.2, 0.25) is 0 Å². The van der Waals surface area contributed by atoms with Crippen LogP contribution in [0.5, 0.6) is 0 Å². The van der Waals surface area contributed by atoms with Crippen LogP contribution in [0.4, 0.5) is 0 Å². The van der Waals surface area contributed by atoms with Crippen molar-refractivity contribution in [3.05, 3.63) is 12.1 Å². The van der Waals surface area contributed by atoms with Crippen molar-refractivity contribution in [2.24, 2.45) is 0 Å². The van der Waals surface area contributed by atoms with Gasteiger partial charge in [0.25, 0.3) is 0 Å². The lowest BCUT2D eigenvalue weighted by atomic mass is 9.87. The molecule has 1 aliphatic rings. The van der Waals surface area contributed by atoms with Gasteiger partial charge in [0.15, 0.2) is 11.6 Å². The Hall–Kier alpha value is -0.805. The number of aromatic nitrogens is 1. The highest BCUT2D eigenvalue weighted by Crippen LogP contribution is 2.36. The van der Waals surface area contributed by atoms with E-state index in [-0.39, 0.29) is 11.8 Å². The first-order chi connectivity index (χ1) is 8.44. The summed E-state index contributed by atoms with van der Waals surface area (Å²) in [6.07, 6.45) is -0.273. The smallest absolute Gasteiger partial charge is 0.450 e. The van der Waals surface area contributed by atoms with Crippen LogP contribution in [0.1, 0.15) is 39.1 Å². The first-order valence-corrected chi connectivity index (χ1v) is 4.77. The quantitative estimate of drug-likeness (QED) is 0.659. The minimum absolute atomic E-state index is 0.00947. The maximum Gasteiger partial charge on any atom is 0.534 e. The van der Waals surface area contributed by atoms with Crippen molar-refractivity contribution < 1.29 is 19.2 Å². The zero-order chi connectivity index (χ0) is 14.6. The van der Waals surface area contributed by atoms with E-state index in [1.807, 2.05) is 27.7 Å². The van der Waals surface area contributed by atoms with E-state index in [0.29, 0.717) is 0 Å². The Morgan fingerprint density at radius 3 is 2.40 bits per heavy atom. The summed E-state index contributed by atoms with van der Waals surface area (Å²) in [6.45, 7) is 4.95. The van der Waals surface area contributed by atoms with E-state index in [1.165, 1.54) is 0 Å². The molecule has 1 fully saturated rings. The minimum Gasteiger partial charge on any atom is -0.450 e. The second-order valence-corrected chi connectivity index (χ2v) is 4.58. The number of aryl methyl sites for hydroxylation is 1. The van der Waals surface area contributed by atoms with E-state index < -0.39 is 31.1 Å². The van der Waals surface area contributed by atoms with Crippen LogP contribution in [0.3, 0.4) is 0 Å². The fraction of sp³-hybridized carbons (Fsp3) is 0.700. The Morgan fingerprint density at radius 1 is 1.33 bits per heavy atom. The fourth-order valence-corrected chi connectivity index (χ4v) is 1.31. The van der Waals surface area contributed by atoms with Crippen LogP contribution in [0, 0.1) is 6.85 Å². The van der Waals surface area contributed by atoms with Crippen molar-refractivity contribution in [3.63, 3.8) is 0 Å². The number of hydrogen-bond donors (Lipinski definition) is 0. The molecular formula is C10H16BNO3. The average Bonchev–Trinajstić information content (AvgIpc) is 2.65. The zero-order valence-corrected chi connectivity index (χ0v) is 9.25. The Bertz CT molecular complexity index is 481. The molecule has 82 valence electrons. The molecule has 0 atom stereocenters. The van der Waals surface area contributed by atoms with E-state index in [0.717, 1.165) is 0 Å². The van der Waals surface area contributed by atoms with Gasteiger partial charge in [-0.3, -0.25) is 0 Å². The third-order valence-corrected chi connectivity index (χ3v) is 2.94. The molecule has 0 saturated carbocycles. The molecule has 0 unspecified atom stereocenters. The Labute approximate surface area is 95.7 Å². The zero-order valence-electron chi connectivity index (χ0n) is 13.2. The Kier molecular flexibility index (Phi) is 1.38. The molecule has 0 radical (unpaired) electrons. The van der Waals surface area contributed by atoms with Gasteiger partial charge in [0, 0.05) is 11.0 Å². The van der Waals surface area contributed by atoms with Crippen molar-refractivity contribution in [3.8, 4) is 0 Å². The highest BCUT2D eigenvalue weighted by Gasteiger charge is 2.53. The molecule has 0 aromatic carbocycles. The Balaban J connectivity index is 2.33.